The molecule has 86 heavy (non-hydrogen) atoms. The highest BCUT2D eigenvalue weighted by molar-refractivity contribution is 7.85. The second-order valence-electron chi connectivity index (χ2n) is 20.5. The zero-order chi connectivity index (χ0) is 57.2. The van der Waals surface area contributed by atoms with Crippen LogP contribution in [-0.2, 0) is 9.13 Å². The van der Waals surface area contributed by atoms with E-state index in [1.165, 1.54) is 0 Å². The van der Waals surface area contributed by atoms with E-state index in [0.717, 1.165) is 70.4 Å². The summed E-state index contributed by atoms with van der Waals surface area (Å²) in [6.07, 6.45) is 3.52. The van der Waals surface area contributed by atoms with Crippen molar-refractivity contribution in [1.29, 1.82) is 0 Å². The lowest BCUT2D eigenvalue weighted by Gasteiger charge is -2.19. The Morgan fingerprint density at radius 1 is 0.407 bits per heavy atom. The number of rotatable bonds is 9. The summed E-state index contributed by atoms with van der Waals surface area (Å²) >= 11 is 0. The molecule has 0 aliphatic heterocycles. The second kappa shape index (κ2) is 21.5. The van der Waals surface area contributed by atoms with Gasteiger partial charge in [-0.3, -0.25) is 9.78 Å². The molecule has 12 nitrogen and oxygen atoms in total. The van der Waals surface area contributed by atoms with E-state index in [9.17, 15) is 4.79 Å². The minimum Gasteiger partial charge on any atom is -0.496 e. The SMILES string of the molecule is C.COc1ccc(-c2ccc3ccc4ccc(P(=O)(c5ccccc5)c5ccccc5)nc4c3n2)c2oc3cccnc3c12.O=c1ccc(-c2ccc3ccc4ccc(P(=O)(c5ccccc5)c5ccccc5)nc4c3n2)c2oc3ccc[nH]c3c12. The van der Waals surface area contributed by atoms with Crippen LogP contribution in [0.1, 0.15) is 7.43 Å². The molecule has 0 unspecified atom stereocenters. The van der Waals surface area contributed by atoms with Crippen molar-refractivity contribution < 1.29 is 22.7 Å². The Bertz CT molecular complexity index is 5380. The number of fused-ring (bicyclic) bond motifs is 12. The van der Waals surface area contributed by atoms with Gasteiger partial charge < -0.3 is 27.7 Å². The number of H-pyrrole nitrogens is 1. The third-order valence-electron chi connectivity index (χ3n) is 15.6. The summed E-state index contributed by atoms with van der Waals surface area (Å²) in [5.41, 5.74) is 10.4. The van der Waals surface area contributed by atoms with E-state index in [0.29, 0.717) is 77.7 Å². The molecule has 0 atom stereocenters. The first-order valence-corrected chi connectivity index (χ1v) is 30.9. The highest BCUT2D eigenvalue weighted by Gasteiger charge is 2.33. The summed E-state index contributed by atoms with van der Waals surface area (Å²) in [6.45, 7) is 0. The first-order valence-electron chi connectivity index (χ1n) is 27.5. The lowest BCUT2D eigenvalue weighted by Crippen LogP contribution is -2.27. The monoisotopic (exact) mass is 1160 g/mol. The minimum absolute atomic E-state index is 0. The molecule has 0 spiro atoms. The Morgan fingerprint density at radius 3 is 1.31 bits per heavy atom. The van der Waals surface area contributed by atoms with Crippen LogP contribution in [0.15, 0.2) is 269 Å². The Labute approximate surface area is 492 Å². The van der Waals surface area contributed by atoms with Gasteiger partial charge in [-0.25, -0.2) is 19.9 Å². The number of nitrogens with one attached hydrogen (secondary N) is 1. The maximum absolute atomic E-state index is 15.1. The molecule has 0 saturated heterocycles. The van der Waals surface area contributed by atoms with Gasteiger partial charge in [-0.05, 0) is 72.8 Å². The molecule has 0 aliphatic carbocycles. The predicted octanol–water partition coefficient (Wildman–Crippen LogP) is 14.7. The van der Waals surface area contributed by atoms with Crippen molar-refractivity contribution in [3.63, 3.8) is 0 Å². The van der Waals surface area contributed by atoms with E-state index in [1.807, 2.05) is 231 Å². The van der Waals surface area contributed by atoms with E-state index < -0.39 is 14.3 Å². The standard InChI is InChI=1S/C36H24N3O3P.C35H22N3O3P.CH4/c1-41-29-20-18-27(36-32(29)35-30(42-36)13-8-22-37-35)28-19-16-23-14-15-24-17-21-31(39-34(24)33(23)38-28)43(40,25-9-4-2-5-10-25)26-11-6-3-7-12-26;39-28-19-17-26(35-31(28)34-29(41-35)12-7-21-36-34)27-18-15-22-13-14-23-16-20-30(38-33(23)32(22)37-27)42(40,24-8-3-1-4-9-24)25-10-5-2-6-11-25;/h2-22H,1H3;1-21,36H;1H4. The van der Waals surface area contributed by atoms with Crippen LogP contribution in [0, 0.1) is 0 Å². The molecule has 0 radical (unpaired) electrons. The van der Waals surface area contributed by atoms with Crippen LogP contribution < -0.4 is 42.3 Å². The van der Waals surface area contributed by atoms with Gasteiger partial charge >= 0.3 is 0 Å². The summed E-state index contributed by atoms with van der Waals surface area (Å²) < 4.78 is 48.2. The molecule has 8 heterocycles. The number of nitrogens with zero attached hydrogens (tertiary/aromatic N) is 5. The molecule has 414 valence electrons. The third kappa shape index (κ3) is 8.76. The van der Waals surface area contributed by atoms with Crippen LogP contribution in [0.2, 0.25) is 0 Å². The number of methoxy groups -OCH3 is 1. The van der Waals surface area contributed by atoms with E-state index in [4.69, 9.17) is 33.5 Å². The number of aromatic amines is 1. The molecular weight excluding hydrogens is 1110 g/mol. The minimum atomic E-state index is -3.28. The van der Waals surface area contributed by atoms with Crippen LogP contribution in [0.3, 0.4) is 0 Å². The molecule has 8 aromatic heterocycles. The summed E-state index contributed by atoms with van der Waals surface area (Å²) in [6, 6.07) is 76.5. The maximum atomic E-state index is 15.1. The lowest BCUT2D eigenvalue weighted by atomic mass is 10.0. The van der Waals surface area contributed by atoms with E-state index >= 15 is 9.13 Å². The van der Waals surface area contributed by atoms with Crippen molar-refractivity contribution in [3.8, 4) is 28.3 Å². The van der Waals surface area contributed by atoms with Crippen LogP contribution in [-0.4, -0.2) is 37.0 Å². The Balaban J connectivity index is 0.000000150. The number of aromatic nitrogens is 6. The van der Waals surface area contributed by atoms with Gasteiger partial charge in [0, 0.05) is 66.3 Å². The third-order valence-corrected chi connectivity index (χ3v) is 21.5. The fourth-order valence-corrected chi connectivity index (χ4v) is 16.6. The number of pyridine rings is 6. The summed E-state index contributed by atoms with van der Waals surface area (Å²) in [7, 11) is -4.90. The Kier molecular flexibility index (Phi) is 13.4. The van der Waals surface area contributed by atoms with Gasteiger partial charge in [0.05, 0.1) is 56.9 Å². The molecule has 0 amide bonds. The van der Waals surface area contributed by atoms with Crippen molar-refractivity contribution in [2.24, 2.45) is 0 Å². The smallest absolute Gasteiger partial charge is 0.191 e. The van der Waals surface area contributed by atoms with Gasteiger partial charge in [0.1, 0.15) is 33.3 Å². The van der Waals surface area contributed by atoms with E-state index in [2.05, 4.69) is 9.97 Å². The number of benzene rings is 8. The highest BCUT2D eigenvalue weighted by Crippen LogP contribution is 2.45. The fourth-order valence-electron chi connectivity index (χ4n) is 11.5. The van der Waals surface area contributed by atoms with Crippen molar-refractivity contribution in [2.45, 2.75) is 7.43 Å². The first kappa shape index (κ1) is 53.4. The molecular formula is C72H50N6O6P2. The summed E-state index contributed by atoms with van der Waals surface area (Å²) in [5, 5.41) is 7.87. The topological polar surface area (TPSA) is 167 Å². The van der Waals surface area contributed by atoms with Gasteiger partial charge in [-0.15, -0.1) is 0 Å². The average Bonchev–Trinajstić information content (AvgIpc) is 1.21. The zero-order valence-corrected chi connectivity index (χ0v) is 47.1. The van der Waals surface area contributed by atoms with Gasteiger partial charge in [-0.2, -0.15) is 0 Å². The highest BCUT2D eigenvalue weighted by atomic mass is 31.2. The van der Waals surface area contributed by atoms with Crippen LogP contribution in [0.4, 0.5) is 0 Å². The molecule has 16 aromatic rings. The molecule has 16 rings (SSSR count). The normalized spacial score (nSPS) is 11.8. The largest absolute Gasteiger partial charge is 0.496 e. The number of hydrogen-bond acceptors (Lipinski definition) is 11. The zero-order valence-electron chi connectivity index (χ0n) is 45.3. The predicted molar refractivity (Wildman–Crippen MR) is 350 cm³/mol. The van der Waals surface area contributed by atoms with Crippen molar-refractivity contribution >= 4 is 134 Å². The van der Waals surface area contributed by atoms with Crippen molar-refractivity contribution in [2.75, 3.05) is 7.11 Å². The molecule has 0 fully saturated rings. The first-order chi connectivity index (χ1) is 41.8. The van der Waals surface area contributed by atoms with Gasteiger partial charge in [0.2, 0.25) is 0 Å². The maximum Gasteiger partial charge on any atom is 0.191 e. The molecule has 0 saturated carbocycles. The number of furan rings is 2. The fraction of sp³-hybridized carbons (Fsp3) is 0.0278. The van der Waals surface area contributed by atoms with Crippen LogP contribution in [0.5, 0.6) is 5.75 Å². The number of ether oxygens (including phenoxy) is 1. The lowest BCUT2D eigenvalue weighted by molar-refractivity contribution is 0.420. The van der Waals surface area contributed by atoms with Crippen molar-refractivity contribution in [1.82, 2.24) is 29.9 Å². The molecule has 1 N–H and O–H groups in total. The molecule has 8 aromatic carbocycles. The van der Waals surface area contributed by atoms with Crippen molar-refractivity contribution in [3.05, 3.63) is 265 Å². The van der Waals surface area contributed by atoms with Crippen LogP contribution >= 0.6 is 14.3 Å². The second-order valence-corrected chi connectivity index (χ2v) is 25.9. The summed E-state index contributed by atoms with van der Waals surface area (Å²) in [4.78, 5) is 40.9. The molecule has 0 bridgehead atoms. The van der Waals surface area contributed by atoms with E-state index in [1.54, 1.807) is 31.6 Å². The Morgan fingerprint density at radius 2 is 0.826 bits per heavy atom. The number of hydrogen-bond donors (Lipinski definition) is 1. The summed E-state index contributed by atoms with van der Waals surface area (Å²) in [5.74, 6) is 0.686. The Hall–Kier alpha value is -10.6. The molecule has 0 aliphatic rings. The average molecular weight is 1160 g/mol. The van der Waals surface area contributed by atoms with Gasteiger partial charge in [0.25, 0.3) is 0 Å². The molecule has 14 heteroatoms. The van der Waals surface area contributed by atoms with E-state index in [-0.39, 0.29) is 12.9 Å². The van der Waals surface area contributed by atoms with Gasteiger partial charge in [0.15, 0.2) is 30.9 Å². The quantitative estimate of drug-likeness (QED) is 0.108. The van der Waals surface area contributed by atoms with Gasteiger partial charge in [-0.1, -0.05) is 177 Å². The van der Waals surface area contributed by atoms with Crippen LogP contribution in [0.25, 0.3) is 110 Å².